The van der Waals surface area contributed by atoms with Gasteiger partial charge in [-0.3, -0.25) is 10.1 Å². The Morgan fingerprint density at radius 1 is 1.45 bits per heavy atom. The summed E-state index contributed by atoms with van der Waals surface area (Å²) in [6.45, 7) is 4.26. The number of carbonyl (C=O) groups is 1. The van der Waals surface area contributed by atoms with Crippen molar-refractivity contribution in [2.24, 2.45) is 16.3 Å². The van der Waals surface area contributed by atoms with Crippen LogP contribution in [0.25, 0.3) is 0 Å². The van der Waals surface area contributed by atoms with Crippen molar-refractivity contribution >= 4 is 23.5 Å². The van der Waals surface area contributed by atoms with Crippen LogP contribution in [0.3, 0.4) is 0 Å². The first-order valence-corrected chi connectivity index (χ1v) is 8.27. The van der Waals surface area contributed by atoms with Crippen LogP contribution in [-0.2, 0) is 4.79 Å². The fourth-order valence-corrected chi connectivity index (χ4v) is 3.54. The van der Waals surface area contributed by atoms with Crippen molar-refractivity contribution in [3.8, 4) is 0 Å². The molecule has 4 aliphatic rings. The average molecular weight is 318 g/mol. The Hall–Kier alpha value is -1.55. The smallest absolute Gasteiger partial charge is 0.230 e. The van der Waals surface area contributed by atoms with Crippen molar-refractivity contribution in [1.82, 2.24) is 10.2 Å². The topological polar surface area (TPSA) is 44.7 Å². The Labute approximate surface area is 135 Å². The zero-order chi connectivity index (χ0) is 15.5. The van der Waals surface area contributed by atoms with Crippen LogP contribution < -0.4 is 5.32 Å². The minimum absolute atomic E-state index is 0.0898. The zero-order valence-corrected chi connectivity index (χ0v) is 13.7. The molecule has 0 radical (unpaired) electrons. The van der Waals surface area contributed by atoms with E-state index in [1.54, 1.807) is 0 Å². The van der Waals surface area contributed by atoms with Crippen molar-refractivity contribution in [3.63, 3.8) is 0 Å². The molecule has 0 spiro atoms. The van der Waals surface area contributed by atoms with Gasteiger partial charge >= 0.3 is 0 Å². The molecule has 1 heterocycles. The highest BCUT2D eigenvalue weighted by atomic mass is 35.5. The number of rotatable bonds is 2. The monoisotopic (exact) mass is 317 g/mol. The van der Waals surface area contributed by atoms with E-state index in [0.29, 0.717) is 5.96 Å². The molecule has 1 fully saturated rings. The number of carbonyl (C=O) groups excluding carboxylic acids is 1. The maximum atomic E-state index is 12.4. The van der Waals surface area contributed by atoms with E-state index >= 15 is 0 Å². The van der Waals surface area contributed by atoms with Gasteiger partial charge in [-0.2, -0.15) is 0 Å². The summed E-state index contributed by atoms with van der Waals surface area (Å²) >= 11 is 6.20. The van der Waals surface area contributed by atoms with E-state index in [9.17, 15) is 4.79 Å². The molecule has 0 saturated heterocycles. The van der Waals surface area contributed by atoms with E-state index in [0.717, 1.165) is 36.4 Å². The minimum atomic E-state index is 0.0898. The van der Waals surface area contributed by atoms with E-state index in [-0.39, 0.29) is 23.3 Å². The molecular formula is C17H20ClN3O. The molecule has 4 rings (SSSR count). The molecule has 1 saturated carbocycles. The maximum Gasteiger partial charge on any atom is 0.230 e. The Morgan fingerprint density at radius 3 is 2.77 bits per heavy atom. The van der Waals surface area contributed by atoms with E-state index in [2.05, 4.69) is 35.1 Å². The summed E-state index contributed by atoms with van der Waals surface area (Å²) in [6.07, 6.45) is 9.91. The van der Waals surface area contributed by atoms with E-state index in [4.69, 9.17) is 11.6 Å². The van der Waals surface area contributed by atoms with Crippen molar-refractivity contribution in [3.05, 3.63) is 34.7 Å². The van der Waals surface area contributed by atoms with Crippen LogP contribution in [0.15, 0.2) is 39.6 Å². The molecule has 0 aromatic rings. The highest BCUT2D eigenvalue weighted by Gasteiger charge is 2.51. The van der Waals surface area contributed by atoms with Crippen molar-refractivity contribution in [1.29, 1.82) is 0 Å². The molecule has 1 unspecified atom stereocenters. The van der Waals surface area contributed by atoms with Gasteiger partial charge in [-0.05, 0) is 36.8 Å². The van der Waals surface area contributed by atoms with Gasteiger partial charge in [0.15, 0.2) is 0 Å². The Morgan fingerprint density at radius 2 is 2.18 bits per heavy atom. The first-order chi connectivity index (χ1) is 10.5. The zero-order valence-electron chi connectivity index (χ0n) is 12.9. The summed E-state index contributed by atoms with van der Waals surface area (Å²) in [5.74, 6) is 0.868. The molecule has 0 bridgehead atoms. The number of hydrogen-bond acceptors (Lipinski definition) is 3. The van der Waals surface area contributed by atoms with Crippen LogP contribution in [-0.4, -0.2) is 22.8 Å². The first-order valence-electron chi connectivity index (χ1n) is 7.90. The first kappa shape index (κ1) is 14.1. The second kappa shape index (κ2) is 4.72. The maximum absolute atomic E-state index is 12.4. The Kier molecular flexibility index (Phi) is 3.02. The molecule has 116 valence electrons. The van der Waals surface area contributed by atoms with Gasteiger partial charge in [-0.25, -0.2) is 4.99 Å². The number of halogens is 1. The fraction of sp³-hybridized carbons (Fsp3) is 0.529. The summed E-state index contributed by atoms with van der Waals surface area (Å²) < 4.78 is 0. The van der Waals surface area contributed by atoms with E-state index in [1.165, 1.54) is 5.70 Å². The highest BCUT2D eigenvalue weighted by Crippen LogP contribution is 2.51. The van der Waals surface area contributed by atoms with Crippen LogP contribution in [0.1, 0.15) is 39.5 Å². The van der Waals surface area contributed by atoms with Crippen molar-refractivity contribution < 1.29 is 4.79 Å². The minimum Gasteiger partial charge on any atom is -0.307 e. The molecular weight excluding hydrogens is 298 g/mol. The molecule has 0 aromatic heterocycles. The van der Waals surface area contributed by atoms with Gasteiger partial charge in [0.2, 0.25) is 11.9 Å². The molecule has 22 heavy (non-hydrogen) atoms. The quantitative estimate of drug-likeness (QED) is 0.849. The molecule has 4 nitrogen and oxygen atoms in total. The number of aliphatic imine (C=N–C) groups is 1. The average Bonchev–Trinajstić information content (AvgIpc) is 2.91. The highest BCUT2D eigenvalue weighted by molar-refractivity contribution is 6.29. The van der Waals surface area contributed by atoms with Gasteiger partial charge in [0.25, 0.3) is 0 Å². The lowest BCUT2D eigenvalue weighted by atomic mass is 9.99. The lowest BCUT2D eigenvalue weighted by Gasteiger charge is -2.34. The van der Waals surface area contributed by atoms with Crippen LogP contribution in [0.5, 0.6) is 0 Å². The van der Waals surface area contributed by atoms with Crippen LogP contribution in [0.4, 0.5) is 0 Å². The number of guanidine groups is 1. The summed E-state index contributed by atoms with van der Waals surface area (Å²) in [5.41, 5.74) is 2.36. The fourth-order valence-electron chi connectivity index (χ4n) is 3.33. The second-order valence-corrected chi connectivity index (χ2v) is 7.68. The van der Waals surface area contributed by atoms with Crippen LogP contribution in [0, 0.1) is 11.3 Å². The van der Waals surface area contributed by atoms with Crippen LogP contribution >= 0.6 is 11.6 Å². The van der Waals surface area contributed by atoms with E-state index in [1.807, 2.05) is 12.2 Å². The summed E-state index contributed by atoms with van der Waals surface area (Å²) in [7, 11) is 0. The van der Waals surface area contributed by atoms with Gasteiger partial charge in [0.05, 0.1) is 11.7 Å². The molecule has 2 atom stereocenters. The number of amides is 1. The molecule has 1 aliphatic heterocycles. The number of fused-ring (bicyclic) bond motifs is 1. The van der Waals surface area contributed by atoms with Gasteiger partial charge in [0.1, 0.15) is 0 Å². The molecule has 1 N–H and O–H groups in total. The predicted molar refractivity (Wildman–Crippen MR) is 87.0 cm³/mol. The lowest BCUT2D eigenvalue weighted by molar-refractivity contribution is -0.121. The van der Waals surface area contributed by atoms with Gasteiger partial charge < -0.3 is 4.90 Å². The van der Waals surface area contributed by atoms with Crippen LogP contribution in [0.2, 0.25) is 0 Å². The lowest BCUT2D eigenvalue weighted by Crippen LogP contribution is -2.46. The molecule has 5 heteroatoms. The molecule has 3 aliphatic carbocycles. The Bertz CT molecular complexity index is 671. The number of allylic oxidation sites excluding steroid dienone is 4. The summed E-state index contributed by atoms with van der Waals surface area (Å²) in [5, 5.41) is 3.89. The summed E-state index contributed by atoms with van der Waals surface area (Å²) in [6, 6.07) is 0.131. The SMILES string of the molecule is CC1(C)C[C@@H]1C(=O)NC1=NC2=CC=C(Cl)CC2N1C1=CCC1. The normalized spacial score (nSPS) is 31.3. The molecule has 0 aromatic carbocycles. The van der Waals surface area contributed by atoms with Gasteiger partial charge in [-0.15, -0.1) is 0 Å². The third kappa shape index (κ3) is 2.21. The Balaban J connectivity index is 1.58. The molecule has 1 amide bonds. The number of nitrogens with zero attached hydrogens (tertiary/aromatic N) is 2. The summed E-state index contributed by atoms with van der Waals surface area (Å²) in [4.78, 5) is 19.2. The van der Waals surface area contributed by atoms with Crippen molar-refractivity contribution in [2.45, 2.75) is 45.6 Å². The third-order valence-corrected chi connectivity index (χ3v) is 5.37. The van der Waals surface area contributed by atoms with Crippen molar-refractivity contribution in [2.75, 3.05) is 0 Å². The second-order valence-electron chi connectivity index (χ2n) is 7.20. The number of hydrogen-bond donors (Lipinski definition) is 1. The number of nitrogens with one attached hydrogen (secondary N) is 1. The van der Waals surface area contributed by atoms with Gasteiger partial charge in [0, 0.05) is 23.1 Å². The third-order valence-electron chi connectivity index (χ3n) is 5.09. The predicted octanol–water partition coefficient (Wildman–Crippen LogP) is 3.28. The van der Waals surface area contributed by atoms with E-state index < -0.39 is 0 Å². The largest absolute Gasteiger partial charge is 0.307 e. The van der Waals surface area contributed by atoms with Gasteiger partial charge in [-0.1, -0.05) is 31.5 Å². The standard InChI is InChI=1S/C17H20ClN3O/c1-17(2)9-12(17)15(22)20-16-19-13-7-6-10(18)8-14(13)21(16)11-4-3-5-11/h4,6-7,12,14H,3,5,8-9H2,1-2H3,(H,19,20,22)/t12-,14?/m1/s1.